The van der Waals surface area contributed by atoms with Gasteiger partial charge in [0.1, 0.15) is 0 Å². The van der Waals surface area contributed by atoms with E-state index < -0.39 is 0 Å². The van der Waals surface area contributed by atoms with Crippen LogP contribution in [0.25, 0.3) is 0 Å². The first kappa shape index (κ1) is 18.2. The maximum Gasteiger partial charge on any atom is 0.0640 e. The Bertz CT molecular complexity index is 364. The molecule has 122 valence electrons. The lowest BCUT2D eigenvalue weighted by atomic mass is 9.87. The first-order valence-corrected chi connectivity index (χ1v) is 8.89. The molecule has 1 N–H and O–H groups in total. The molecule has 1 heterocycles. The van der Waals surface area contributed by atoms with E-state index in [0.29, 0.717) is 12.1 Å². The zero-order valence-corrected chi connectivity index (χ0v) is 14.7. The number of rotatable bonds is 11. The lowest BCUT2D eigenvalue weighted by molar-refractivity contribution is 0.306. The second kappa shape index (κ2) is 9.99. The average molecular weight is 293 g/mol. The third-order valence-corrected chi connectivity index (χ3v) is 4.17. The molecule has 0 aliphatic rings. The van der Waals surface area contributed by atoms with Crippen molar-refractivity contribution in [2.45, 2.75) is 85.2 Å². The molecule has 1 rings (SSSR count). The number of aromatic nitrogens is 2. The molecular weight excluding hydrogens is 258 g/mol. The van der Waals surface area contributed by atoms with Crippen LogP contribution in [0.2, 0.25) is 0 Å². The van der Waals surface area contributed by atoms with Crippen molar-refractivity contribution in [3.05, 3.63) is 18.0 Å². The van der Waals surface area contributed by atoms with Crippen LogP contribution in [-0.4, -0.2) is 22.4 Å². The summed E-state index contributed by atoms with van der Waals surface area (Å²) in [6.07, 6.45) is 9.56. The fourth-order valence-corrected chi connectivity index (χ4v) is 3.02. The lowest BCUT2D eigenvalue weighted by Crippen LogP contribution is -2.38. The zero-order chi connectivity index (χ0) is 15.7. The highest BCUT2D eigenvalue weighted by molar-refractivity contribution is 5.03. The summed E-state index contributed by atoms with van der Waals surface area (Å²) in [4.78, 5) is 0. The van der Waals surface area contributed by atoms with Gasteiger partial charge in [0.15, 0.2) is 0 Å². The van der Waals surface area contributed by atoms with Gasteiger partial charge in [-0.1, -0.05) is 33.6 Å². The highest BCUT2D eigenvalue weighted by Gasteiger charge is 2.21. The van der Waals surface area contributed by atoms with Crippen molar-refractivity contribution < 1.29 is 0 Å². The van der Waals surface area contributed by atoms with Gasteiger partial charge < -0.3 is 5.32 Å². The second-order valence-corrected chi connectivity index (χ2v) is 6.48. The van der Waals surface area contributed by atoms with Crippen LogP contribution in [0.15, 0.2) is 12.3 Å². The Balaban J connectivity index is 2.74. The van der Waals surface area contributed by atoms with Crippen LogP contribution in [0.3, 0.4) is 0 Å². The molecule has 1 atom stereocenters. The molecule has 0 saturated carbocycles. The molecule has 0 bridgehead atoms. The van der Waals surface area contributed by atoms with Crippen molar-refractivity contribution in [3.63, 3.8) is 0 Å². The van der Waals surface area contributed by atoms with Crippen molar-refractivity contribution in [2.75, 3.05) is 6.54 Å². The van der Waals surface area contributed by atoms with E-state index in [1.807, 2.05) is 0 Å². The summed E-state index contributed by atoms with van der Waals surface area (Å²) in [5.74, 6) is 0.774. The number of hydrogen-bond donors (Lipinski definition) is 1. The molecule has 21 heavy (non-hydrogen) atoms. The van der Waals surface area contributed by atoms with Crippen LogP contribution < -0.4 is 5.32 Å². The molecule has 0 saturated heterocycles. The molecule has 3 nitrogen and oxygen atoms in total. The molecule has 1 unspecified atom stereocenters. The Kier molecular flexibility index (Phi) is 8.67. The SMILES string of the molecule is CCCNC(Cc1ccn(C(C)C)n1)C(CCC)CCC. The minimum Gasteiger partial charge on any atom is -0.313 e. The van der Waals surface area contributed by atoms with Crippen LogP contribution in [-0.2, 0) is 6.42 Å². The fourth-order valence-electron chi connectivity index (χ4n) is 3.02. The van der Waals surface area contributed by atoms with Crippen LogP contribution in [0, 0.1) is 5.92 Å². The molecule has 0 fully saturated rings. The molecule has 0 aliphatic carbocycles. The van der Waals surface area contributed by atoms with Crippen molar-refractivity contribution >= 4 is 0 Å². The lowest BCUT2D eigenvalue weighted by Gasteiger charge is -2.27. The fraction of sp³-hybridized carbons (Fsp3) is 0.833. The first-order chi connectivity index (χ1) is 10.1. The largest absolute Gasteiger partial charge is 0.313 e. The third kappa shape index (κ3) is 6.21. The summed E-state index contributed by atoms with van der Waals surface area (Å²) in [7, 11) is 0. The second-order valence-electron chi connectivity index (χ2n) is 6.48. The third-order valence-electron chi connectivity index (χ3n) is 4.17. The van der Waals surface area contributed by atoms with E-state index in [4.69, 9.17) is 5.10 Å². The van der Waals surface area contributed by atoms with Crippen molar-refractivity contribution in [2.24, 2.45) is 5.92 Å². The predicted octanol–water partition coefficient (Wildman–Crippen LogP) is 4.59. The standard InChI is InChI=1S/C18H35N3/c1-6-9-16(10-7-2)18(19-12-8-3)14-17-11-13-21(20-17)15(4)5/h11,13,15-16,18-19H,6-10,12,14H2,1-5H3. The van der Waals surface area contributed by atoms with Gasteiger partial charge in [-0.3, -0.25) is 4.68 Å². The molecule has 0 aliphatic heterocycles. The van der Waals surface area contributed by atoms with Gasteiger partial charge in [0.05, 0.1) is 5.69 Å². The predicted molar refractivity (Wildman–Crippen MR) is 91.7 cm³/mol. The summed E-state index contributed by atoms with van der Waals surface area (Å²) < 4.78 is 2.07. The Morgan fingerprint density at radius 2 is 1.76 bits per heavy atom. The Labute approximate surface area is 131 Å². The minimum absolute atomic E-state index is 0.447. The quantitative estimate of drug-likeness (QED) is 0.646. The highest BCUT2D eigenvalue weighted by Crippen LogP contribution is 2.21. The summed E-state index contributed by atoms with van der Waals surface area (Å²) in [5.41, 5.74) is 1.23. The summed E-state index contributed by atoms with van der Waals surface area (Å²) in [5, 5.41) is 8.51. The normalized spacial score (nSPS) is 13.3. The average Bonchev–Trinajstić information content (AvgIpc) is 2.92. The van der Waals surface area contributed by atoms with Crippen LogP contribution in [0.1, 0.15) is 78.5 Å². The van der Waals surface area contributed by atoms with Crippen molar-refractivity contribution in [1.29, 1.82) is 0 Å². The number of nitrogens with zero attached hydrogens (tertiary/aromatic N) is 2. The highest BCUT2D eigenvalue weighted by atomic mass is 15.3. The molecule has 1 aromatic rings. The van der Waals surface area contributed by atoms with E-state index in [2.05, 4.69) is 56.9 Å². The summed E-state index contributed by atoms with van der Waals surface area (Å²) >= 11 is 0. The summed E-state index contributed by atoms with van der Waals surface area (Å²) in [6, 6.07) is 3.21. The van der Waals surface area contributed by atoms with Crippen LogP contribution in [0.4, 0.5) is 0 Å². The molecule has 3 heteroatoms. The van der Waals surface area contributed by atoms with Crippen LogP contribution >= 0.6 is 0 Å². The number of nitrogens with one attached hydrogen (secondary N) is 1. The van der Waals surface area contributed by atoms with E-state index in [9.17, 15) is 0 Å². The van der Waals surface area contributed by atoms with E-state index >= 15 is 0 Å². The molecule has 1 aromatic heterocycles. The van der Waals surface area contributed by atoms with E-state index in [0.717, 1.165) is 18.9 Å². The molecule has 0 radical (unpaired) electrons. The van der Waals surface area contributed by atoms with Gasteiger partial charge in [-0.15, -0.1) is 0 Å². The Morgan fingerprint density at radius 3 is 2.24 bits per heavy atom. The molecule has 0 spiro atoms. The van der Waals surface area contributed by atoms with Gasteiger partial charge in [-0.05, 0) is 51.6 Å². The molecule has 0 amide bonds. The van der Waals surface area contributed by atoms with Crippen LogP contribution in [0.5, 0.6) is 0 Å². The smallest absolute Gasteiger partial charge is 0.0640 e. The van der Waals surface area contributed by atoms with E-state index in [1.54, 1.807) is 0 Å². The summed E-state index contributed by atoms with van der Waals surface area (Å²) in [6.45, 7) is 12.3. The van der Waals surface area contributed by atoms with Crippen molar-refractivity contribution in [1.82, 2.24) is 15.1 Å². The molecular formula is C18H35N3. The van der Waals surface area contributed by atoms with Crippen molar-refractivity contribution in [3.8, 4) is 0 Å². The van der Waals surface area contributed by atoms with E-state index in [1.165, 1.54) is 37.8 Å². The Hall–Kier alpha value is -0.830. The van der Waals surface area contributed by atoms with Gasteiger partial charge in [0.2, 0.25) is 0 Å². The van der Waals surface area contributed by atoms with E-state index in [-0.39, 0.29) is 0 Å². The zero-order valence-electron chi connectivity index (χ0n) is 14.7. The monoisotopic (exact) mass is 293 g/mol. The van der Waals surface area contributed by atoms with Gasteiger partial charge in [-0.2, -0.15) is 5.10 Å². The van der Waals surface area contributed by atoms with Gasteiger partial charge in [0, 0.05) is 24.7 Å². The maximum absolute atomic E-state index is 4.74. The topological polar surface area (TPSA) is 29.9 Å². The van der Waals surface area contributed by atoms with Gasteiger partial charge in [0.25, 0.3) is 0 Å². The Morgan fingerprint density at radius 1 is 1.10 bits per heavy atom. The van der Waals surface area contributed by atoms with Gasteiger partial charge in [-0.25, -0.2) is 0 Å². The minimum atomic E-state index is 0.447. The molecule has 0 aromatic carbocycles. The van der Waals surface area contributed by atoms with Gasteiger partial charge >= 0.3 is 0 Å². The maximum atomic E-state index is 4.74. The first-order valence-electron chi connectivity index (χ1n) is 8.89. The number of hydrogen-bond acceptors (Lipinski definition) is 2.